The van der Waals surface area contributed by atoms with E-state index >= 15 is 0 Å². The molecule has 6 rings (SSSR count). The molecule has 1 atom stereocenters. The predicted octanol–water partition coefficient (Wildman–Crippen LogP) is 4.13. The van der Waals surface area contributed by atoms with Crippen LogP contribution in [0.3, 0.4) is 0 Å². The van der Waals surface area contributed by atoms with E-state index in [1.807, 2.05) is 19.3 Å². The molecule has 198 valence electrons. The Kier molecular flexibility index (Phi) is 6.71. The van der Waals surface area contributed by atoms with Gasteiger partial charge in [0.2, 0.25) is 5.88 Å². The average molecular weight is 516 g/mol. The van der Waals surface area contributed by atoms with Crippen molar-refractivity contribution in [2.45, 2.75) is 57.7 Å². The third kappa shape index (κ3) is 4.72. The third-order valence-electron chi connectivity index (χ3n) is 7.74. The lowest BCUT2D eigenvalue weighted by atomic mass is 9.87. The van der Waals surface area contributed by atoms with Gasteiger partial charge in [0.05, 0.1) is 17.4 Å². The van der Waals surface area contributed by atoms with E-state index in [4.69, 9.17) is 14.5 Å². The number of carbonyl (C=O) groups excluding carboxylic acids is 1. The van der Waals surface area contributed by atoms with Crippen molar-refractivity contribution in [2.75, 3.05) is 26.3 Å². The van der Waals surface area contributed by atoms with Crippen LogP contribution in [0, 0.1) is 6.92 Å². The zero-order valence-electron chi connectivity index (χ0n) is 21.8. The third-order valence-corrected chi connectivity index (χ3v) is 7.74. The highest BCUT2D eigenvalue weighted by atomic mass is 16.5. The molecule has 2 N–H and O–H groups in total. The fourth-order valence-electron chi connectivity index (χ4n) is 5.72. The summed E-state index contributed by atoms with van der Waals surface area (Å²) in [6.07, 6.45) is 5.83. The Morgan fingerprint density at radius 1 is 1.16 bits per heavy atom. The quantitative estimate of drug-likeness (QED) is 0.411. The van der Waals surface area contributed by atoms with Crippen molar-refractivity contribution in [1.29, 1.82) is 0 Å². The zero-order valence-corrected chi connectivity index (χ0v) is 21.8. The van der Waals surface area contributed by atoms with Crippen LogP contribution in [-0.2, 0) is 9.53 Å². The number of fused-ring (bicyclic) bond motifs is 2. The number of likely N-dealkylation sites (tertiary alicyclic amines) is 1. The van der Waals surface area contributed by atoms with E-state index < -0.39 is 6.10 Å². The van der Waals surface area contributed by atoms with E-state index in [2.05, 4.69) is 39.4 Å². The monoisotopic (exact) mass is 515 g/mol. The van der Waals surface area contributed by atoms with Gasteiger partial charge < -0.3 is 19.5 Å². The zero-order chi connectivity index (χ0) is 26.2. The van der Waals surface area contributed by atoms with Gasteiger partial charge >= 0.3 is 0 Å². The number of hydrogen-bond acceptors (Lipinski definition) is 7. The topological polar surface area (TPSA) is 113 Å². The maximum atomic E-state index is 12.3. The second-order valence-electron chi connectivity index (χ2n) is 10.4. The lowest BCUT2D eigenvalue weighted by molar-refractivity contribution is -0.141. The first-order valence-corrected chi connectivity index (χ1v) is 13.4. The number of aliphatic hydroxyl groups excluding tert-OH is 1. The van der Waals surface area contributed by atoms with Crippen LogP contribution < -0.4 is 4.74 Å². The van der Waals surface area contributed by atoms with Crippen molar-refractivity contribution in [3.63, 3.8) is 0 Å². The average Bonchev–Trinajstić information content (AvgIpc) is 3.40. The number of amides is 1. The molecule has 1 aromatic carbocycles. The van der Waals surface area contributed by atoms with Crippen LogP contribution in [0.25, 0.3) is 32.8 Å². The molecular formula is C29H33N5O4. The molecule has 2 aliphatic rings. The molecule has 5 heterocycles. The maximum absolute atomic E-state index is 12.3. The molecule has 3 aromatic heterocycles. The van der Waals surface area contributed by atoms with Crippen LogP contribution in [0.2, 0.25) is 0 Å². The lowest BCUT2D eigenvalue weighted by Crippen LogP contribution is -2.45. The van der Waals surface area contributed by atoms with Gasteiger partial charge in [-0.05, 0) is 61.9 Å². The van der Waals surface area contributed by atoms with Crippen molar-refractivity contribution in [1.82, 2.24) is 25.1 Å². The summed E-state index contributed by atoms with van der Waals surface area (Å²) in [5.74, 6) is 0.643. The molecule has 9 nitrogen and oxygen atoms in total. The molecule has 0 aliphatic carbocycles. The summed E-state index contributed by atoms with van der Waals surface area (Å²) in [6, 6.07) is 8.44. The number of H-pyrrole nitrogens is 1. The van der Waals surface area contributed by atoms with Crippen molar-refractivity contribution in [3.8, 4) is 17.0 Å². The summed E-state index contributed by atoms with van der Waals surface area (Å²) >= 11 is 0. The summed E-state index contributed by atoms with van der Waals surface area (Å²) in [5, 5.41) is 20.1. The van der Waals surface area contributed by atoms with E-state index in [1.165, 1.54) is 6.92 Å². The lowest BCUT2D eigenvalue weighted by Gasteiger charge is -2.33. The normalized spacial score (nSPS) is 18.2. The predicted molar refractivity (Wildman–Crippen MR) is 144 cm³/mol. The van der Waals surface area contributed by atoms with Gasteiger partial charge in [0.15, 0.2) is 0 Å². The summed E-state index contributed by atoms with van der Waals surface area (Å²) in [7, 11) is 0. The van der Waals surface area contributed by atoms with Gasteiger partial charge in [0.1, 0.15) is 12.2 Å². The smallest absolute Gasteiger partial charge is 0.251 e. The van der Waals surface area contributed by atoms with Gasteiger partial charge in [-0.15, -0.1) is 0 Å². The molecule has 0 bridgehead atoms. The van der Waals surface area contributed by atoms with Gasteiger partial charge in [-0.25, -0.2) is 4.98 Å². The van der Waals surface area contributed by atoms with Crippen LogP contribution in [0.5, 0.6) is 5.88 Å². The number of piperidine rings is 1. The number of aromatic nitrogens is 4. The van der Waals surface area contributed by atoms with Crippen molar-refractivity contribution < 1.29 is 19.4 Å². The molecule has 2 fully saturated rings. The fourth-order valence-corrected chi connectivity index (χ4v) is 5.72. The van der Waals surface area contributed by atoms with Crippen LogP contribution >= 0.6 is 0 Å². The van der Waals surface area contributed by atoms with Gasteiger partial charge in [-0.2, -0.15) is 5.10 Å². The number of carbonyl (C=O) groups is 1. The summed E-state index contributed by atoms with van der Waals surface area (Å²) in [4.78, 5) is 23.6. The minimum atomic E-state index is -0.985. The number of nitrogens with zero attached hydrogens (tertiary/aromatic N) is 4. The van der Waals surface area contributed by atoms with Crippen LogP contribution in [-0.4, -0.2) is 74.6 Å². The molecular weight excluding hydrogens is 482 g/mol. The Labute approximate surface area is 221 Å². The van der Waals surface area contributed by atoms with Crippen molar-refractivity contribution >= 4 is 27.6 Å². The molecule has 38 heavy (non-hydrogen) atoms. The number of rotatable bonds is 5. The molecule has 2 saturated heterocycles. The number of pyridine rings is 2. The molecule has 4 aromatic rings. The summed E-state index contributed by atoms with van der Waals surface area (Å²) < 4.78 is 12.3. The number of ether oxygens (including phenoxy) is 2. The fraction of sp³-hybridized carbons (Fsp3) is 0.448. The van der Waals surface area contributed by atoms with Crippen molar-refractivity contribution in [3.05, 3.63) is 48.0 Å². The van der Waals surface area contributed by atoms with Gasteiger partial charge in [-0.1, -0.05) is 0 Å². The van der Waals surface area contributed by atoms with E-state index in [0.717, 1.165) is 57.0 Å². The minimum absolute atomic E-state index is 0.0715. The second kappa shape index (κ2) is 10.3. The number of aliphatic hydroxyl groups is 1. The molecule has 2 aliphatic heterocycles. The van der Waals surface area contributed by atoms with E-state index in [0.29, 0.717) is 45.0 Å². The molecule has 0 saturated carbocycles. The Bertz CT molecular complexity index is 1470. The number of aromatic amines is 1. The minimum Gasteiger partial charge on any atom is -0.474 e. The summed E-state index contributed by atoms with van der Waals surface area (Å²) in [6.45, 7) is 6.06. The molecule has 9 heteroatoms. The van der Waals surface area contributed by atoms with E-state index in [1.54, 1.807) is 4.90 Å². The molecule has 0 spiro atoms. The first kappa shape index (κ1) is 24.8. The van der Waals surface area contributed by atoms with Crippen LogP contribution in [0.4, 0.5) is 0 Å². The van der Waals surface area contributed by atoms with Gasteiger partial charge in [0.25, 0.3) is 5.91 Å². The summed E-state index contributed by atoms with van der Waals surface area (Å²) in [5.41, 5.74) is 5.13. The van der Waals surface area contributed by atoms with E-state index in [9.17, 15) is 9.90 Å². The highest BCUT2D eigenvalue weighted by Crippen LogP contribution is 2.43. The Hall–Kier alpha value is -3.56. The molecule has 0 radical (unpaired) electrons. The molecule has 0 unspecified atom stereocenters. The van der Waals surface area contributed by atoms with Crippen LogP contribution in [0.15, 0.2) is 36.7 Å². The number of nitrogens with one attached hydrogen (secondary N) is 1. The Morgan fingerprint density at radius 3 is 2.68 bits per heavy atom. The standard InChI is InChI=1S/C29H33N5O4/c1-17-13-20(3-8-30-17)26-23-14-21-16-31-33-25(21)15-24(23)28(32-27(26)19-6-11-37-12-7-19)38-22-4-9-34(10-5-22)29(36)18(2)35/h3,8,13-16,18-19,22,35H,4-7,9-12H2,1-2H3,(H,31,33)/t18-/m0/s1. The number of aryl methyl sites for hydroxylation is 1. The SMILES string of the molecule is Cc1cc(-c2c(C3CCOCC3)nc(OC3CCN(C(=O)[C@H](C)O)CC3)c3cc4[nH]ncc4cc23)ccn1. The first-order valence-electron chi connectivity index (χ1n) is 13.4. The highest BCUT2D eigenvalue weighted by Gasteiger charge is 2.29. The number of hydrogen-bond donors (Lipinski definition) is 2. The Balaban J connectivity index is 1.46. The number of benzene rings is 1. The van der Waals surface area contributed by atoms with Gasteiger partial charge in [0, 0.05) is 73.3 Å². The second-order valence-corrected chi connectivity index (χ2v) is 10.4. The van der Waals surface area contributed by atoms with E-state index in [-0.39, 0.29) is 17.9 Å². The first-order chi connectivity index (χ1) is 18.5. The largest absolute Gasteiger partial charge is 0.474 e. The van der Waals surface area contributed by atoms with Crippen molar-refractivity contribution in [2.24, 2.45) is 0 Å². The molecule has 1 amide bonds. The van der Waals surface area contributed by atoms with Crippen LogP contribution in [0.1, 0.15) is 49.9 Å². The maximum Gasteiger partial charge on any atom is 0.251 e. The highest BCUT2D eigenvalue weighted by molar-refractivity contribution is 6.06. The Morgan fingerprint density at radius 2 is 1.95 bits per heavy atom. The van der Waals surface area contributed by atoms with Gasteiger partial charge in [-0.3, -0.25) is 14.9 Å².